The van der Waals surface area contributed by atoms with Gasteiger partial charge in [0.1, 0.15) is 0 Å². The summed E-state index contributed by atoms with van der Waals surface area (Å²) in [6, 6.07) is 8.00. The first-order chi connectivity index (χ1) is 8.77. The van der Waals surface area contributed by atoms with Gasteiger partial charge in [0.05, 0.1) is 6.61 Å². The van der Waals surface area contributed by atoms with Crippen LogP contribution in [0.2, 0.25) is 0 Å². The van der Waals surface area contributed by atoms with Crippen LogP contribution in [0, 0.1) is 0 Å². The van der Waals surface area contributed by atoms with Crippen LogP contribution in [-0.2, 0) is 0 Å². The molecule has 0 atom stereocenters. The Morgan fingerprint density at radius 3 is 2.67 bits per heavy atom. The third-order valence-corrected chi connectivity index (χ3v) is 3.45. The molecule has 5 nitrogen and oxygen atoms in total. The molecule has 4 N–H and O–H groups in total. The molecule has 1 aromatic carbocycles. The molecule has 2 rings (SSSR count). The van der Waals surface area contributed by atoms with Crippen molar-refractivity contribution in [2.45, 2.75) is 25.3 Å². The molecule has 1 aromatic rings. The van der Waals surface area contributed by atoms with Crippen LogP contribution in [0.5, 0.6) is 0 Å². The molecule has 18 heavy (non-hydrogen) atoms. The maximum Gasteiger partial charge on any atom is 0.172 e. The summed E-state index contributed by atoms with van der Waals surface area (Å²) in [5, 5.41) is 21.1. The standard InChI is InChI=1S/C13H19N3O2/c14-13(15-18)11-6-1-2-7-12(11)16(8-9-17)10-4-3-5-10/h1-2,6-7,10,17-18H,3-5,8-9H2,(H2,14,15). The lowest BCUT2D eigenvalue weighted by molar-refractivity contribution is 0.283. The van der Waals surface area contributed by atoms with E-state index in [4.69, 9.17) is 10.9 Å². The predicted molar refractivity (Wildman–Crippen MR) is 71.0 cm³/mol. The van der Waals surface area contributed by atoms with Crippen molar-refractivity contribution in [3.05, 3.63) is 29.8 Å². The van der Waals surface area contributed by atoms with Gasteiger partial charge in [-0.1, -0.05) is 17.3 Å². The predicted octanol–water partition coefficient (Wildman–Crippen LogP) is 1.13. The quantitative estimate of drug-likeness (QED) is 0.316. The first-order valence-electron chi connectivity index (χ1n) is 6.22. The van der Waals surface area contributed by atoms with Gasteiger partial charge in [0.25, 0.3) is 0 Å². The Balaban J connectivity index is 2.34. The van der Waals surface area contributed by atoms with Crippen LogP contribution in [0.3, 0.4) is 0 Å². The van der Waals surface area contributed by atoms with Crippen molar-refractivity contribution in [3.63, 3.8) is 0 Å². The minimum atomic E-state index is 0.0982. The molecule has 0 spiro atoms. The topological polar surface area (TPSA) is 82.1 Å². The Hall–Kier alpha value is -1.75. The fraction of sp³-hybridized carbons (Fsp3) is 0.462. The second-order valence-electron chi connectivity index (χ2n) is 4.50. The van der Waals surface area contributed by atoms with E-state index in [0.29, 0.717) is 18.2 Å². The molecule has 0 bridgehead atoms. The number of rotatable bonds is 5. The second kappa shape index (κ2) is 5.73. The molecule has 0 radical (unpaired) electrons. The monoisotopic (exact) mass is 249 g/mol. The lowest BCUT2D eigenvalue weighted by atomic mass is 9.90. The van der Waals surface area contributed by atoms with E-state index < -0.39 is 0 Å². The van der Waals surface area contributed by atoms with Crippen molar-refractivity contribution < 1.29 is 10.3 Å². The van der Waals surface area contributed by atoms with Gasteiger partial charge in [-0.2, -0.15) is 0 Å². The first-order valence-corrected chi connectivity index (χ1v) is 6.22. The highest BCUT2D eigenvalue weighted by Crippen LogP contribution is 2.31. The summed E-state index contributed by atoms with van der Waals surface area (Å²) in [4.78, 5) is 2.15. The van der Waals surface area contributed by atoms with Gasteiger partial charge in [-0.25, -0.2) is 0 Å². The maximum absolute atomic E-state index is 9.20. The number of nitrogens with zero attached hydrogens (tertiary/aromatic N) is 2. The molecule has 0 heterocycles. The molecular formula is C13H19N3O2. The zero-order chi connectivity index (χ0) is 13.0. The van der Waals surface area contributed by atoms with Crippen LogP contribution in [0.1, 0.15) is 24.8 Å². The number of benzene rings is 1. The normalized spacial score (nSPS) is 16.4. The van der Waals surface area contributed by atoms with Crippen molar-refractivity contribution >= 4 is 11.5 Å². The smallest absolute Gasteiger partial charge is 0.172 e. The summed E-state index contributed by atoms with van der Waals surface area (Å²) in [5.74, 6) is 0.105. The van der Waals surface area contributed by atoms with E-state index in [2.05, 4.69) is 10.1 Å². The number of nitrogens with two attached hydrogens (primary N) is 1. The molecule has 0 saturated heterocycles. The van der Waals surface area contributed by atoms with E-state index in [1.54, 1.807) is 0 Å². The van der Waals surface area contributed by atoms with Gasteiger partial charge in [0.2, 0.25) is 0 Å². The van der Waals surface area contributed by atoms with Crippen LogP contribution in [0.4, 0.5) is 5.69 Å². The van der Waals surface area contributed by atoms with Gasteiger partial charge in [0.15, 0.2) is 5.84 Å². The summed E-state index contributed by atoms with van der Waals surface area (Å²) >= 11 is 0. The van der Waals surface area contributed by atoms with Crippen molar-refractivity contribution in [3.8, 4) is 0 Å². The van der Waals surface area contributed by atoms with Crippen LogP contribution in [-0.4, -0.2) is 35.3 Å². The molecule has 1 fully saturated rings. The van der Waals surface area contributed by atoms with Crippen LogP contribution >= 0.6 is 0 Å². The van der Waals surface area contributed by atoms with Gasteiger partial charge in [-0.05, 0) is 31.4 Å². The van der Waals surface area contributed by atoms with Crippen LogP contribution in [0.25, 0.3) is 0 Å². The van der Waals surface area contributed by atoms with Crippen LogP contribution in [0.15, 0.2) is 29.4 Å². The summed E-state index contributed by atoms with van der Waals surface area (Å²) < 4.78 is 0. The SMILES string of the molecule is N/C(=N/O)c1ccccc1N(CCO)C1CCC1. The van der Waals surface area contributed by atoms with E-state index in [9.17, 15) is 5.11 Å². The summed E-state index contributed by atoms with van der Waals surface area (Å²) in [7, 11) is 0. The largest absolute Gasteiger partial charge is 0.409 e. The Morgan fingerprint density at radius 2 is 2.11 bits per heavy atom. The lowest BCUT2D eigenvalue weighted by Gasteiger charge is -2.39. The van der Waals surface area contributed by atoms with Crippen molar-refractivity contribution in [2.75, 3.05) is 18.1 Å². The third-order valence-electron chi connectivity index (χ3n) is 3.45. The van der Waals surface area contributed by atoms with Crippen molar-refractivity contribution in [1.82, 2.24) is 0 Å². The summed E-state index contributed by atoms with van der Waals surface area (Å²) in [6.07, 6.45) is 3.48. The molecule has 5 heteroatoms. The number of para-hydroxylation sites is 1. The van der Waals surface area contributed by atoms with Gasteiger partial charge in [-0.15, -0.1) is 0 Å². The van der Waals surface area contributed by atoms with E-state index >= 15 is 0 Å². The number of aliphatic hydroxyl groups is 1. The third kappa shape index (κ3) is 2.41. The summed E-state index contributed by atoms with van der Waals surface area (Å²) in [5.41, 5.74) is 7.33. The molecule has 1 aliphatic carbocycles. The summed E-state index contributed by atoms with van der Waals surface area (Å²) in [6.45, 7) is 0.668. The molecule has 0 aromatic heterocycles. The van der Waals surface area contributed by atoms with Gasteiger partial charge >= 0.3 is 0 Å². The Labute approximate surface area is 107 Å². The van der Waals surface area contributed by atoms with E-state index in [0.717, 1.165) is 18.5 Å². The highest BCUT2D eigenvalue weighted by Gasteiger charge is 2.26. The number of hydrogen-bond acceptors (Lipinski definition) is 4. The maximum atomic E-state index is 9.20. The highest BCUT2D eigenvalue weighted by atomic mass is 16.4. The highest BCUT2D eigenvalue weighted by molar-refractivity contribution is 6.02. The Morgan fingerprint density at radius 1 is 1.39 bits per heavy atom. The van der Waals surface area contributed by atoms with Gasteiger partial charge in [0, 0.05) is 23.8 Å². The fourth-order valence-electron chi connectivity index (χ4n) is 2.30. The average Bonchev–Trinajstić information content (AvgIpc) is 2.35. The Kier molecular flexibility index (Phi) is 4.04. The minimum absolute atomic E-state index is 0.0982. The molecule has 0 aliphatic heterocycles. The zero-order valence-corrected chi connectivity index (χ0v) is 10.3. The van der Waals surface area contributed by atoms with Crippen molar-refractivity contribution in [1.29, 1.82) is 0 Å². The minimum Gasteiger partial charge on any atom is -0.409 e. The molecule has 1 aliphatic rings. The second-order valence-corrected chi connectivity index (χ2v) is 4.50. The number of amidine groups is 1. The van der Waals surface area contributed by atoms with Crippen LogP contribution < -0.4 is 10.6 Å². The molecule has 0 amide bonds. The van der Waals surface area contributed by atoms with E-state index in [1.165, 1.54) is 6.42 Å². The number of oxime groups is 1. The number of hydrogen-bond donors (Lipinski definition) is 3. The number of aliphatic hydroxyl groups excluding tert-OH is 1. The number of anilines is 1. The Bertz CT molecular complexity index is 430. The van der Waals surface area contributed by atoms with Crippen molar-refractivity contribution in [2.24, 2.45) is 10.9 Å². The molecule has 1 saturated carbocycles. The average molecular weight is 249 g/mol. The molecular weight excluding hydrogens is 230 g/mol. The fourth-order valence-corrected chi connectivity index (χ4v) is 2.30. The van der Waals surface area contributed by atoms with E-state index in [1.807, 2.05) is 24.3 Å². The van der Waals surface area contributed by atoms with Gasteiger partial charge < -0.3 is 20.9 Å². The van der Waals surface area contributed by atoms with E-state index in [-0.39, 0.29) is 12.4 Å². The molecule has 98 valence electrons. The first kappa shape index (κ1) is 12.7. The molecule has 0 unspecified atom stereocenters. The lowest BCUT2D eigenvalue weighted by Crippen LogP contribution is -2.43. The zero-order valence-electron chi connectivity index (χ0n) is 10.3. The van der Waals surface area contributed by atoms with Gasteiger partial charge in [-0.3, -0.25) is 0 Å².